The summed E-state index contributed by atoms with van der Waals surface area (Å²) in [5.74, 6) is -1.95. The summed E-state index contributed by atoms with van der Waals surface area (Å²) in [6.45, 7) is 2.73. The van der Waals surface area contributed by atoms with Crippen molar-refractivity contribution in [2.75, 3.05) is 19.6 Å². The van der Waals surface area contributed by atoms with Crippen LogP contribution in [0.25, 0.3) is 0 Å². The number of hydrogen-bond donors (Lipinski definition) is 2. The molecule has 1 heterocycles. The van der Waals surface area contributed by atoms with Gasteiger partial charge >= 0.3 is 0 Å². The highest BCUT2D eigenvalue weighted by molar-refractivity contribution is 7.99. The maximum Gasteiger partial charge on any atom is 0.288 e. The largest absolute Gasteiger partial charge is 0.352 e. The van der Waals surface area contributed by atoms with Gasteiger partial charge in [0.2, 0.25) is 0 Å². The second kappa shape index (κ2) is 9.23. The van der Waals surface area contributed by atoms with Crippen molar-refractivity contribution in [1.29, 1.82) is 0 Å². The first kappa shape index (κ1) is 18.2. The lowest BCUT2D eigenvalue weighted by Gasteiger charge is -2.09. The summed E-state index contributed by atoms with van der Waals surface area (Å²) < 4.78 is 24.3. The number of amides is 1. The second-order valence-electron chi connectivity index (χ2n) is 4.81. The molecule has 118 valence electrons. The molecule has 1 fully saturated rings. The number of rotatable bonds is 6. The minimum atomic E-state index is -2.44. The molecule has 0 radical (unpaired) electrons. The number of carbonyl (C=O) groups is 1. The van der Waals surface area contributed by atoms with Crippen LogP contribution in [0.1, 0.15) is 23.2 Å². The number of nitrogens with one attached hydrogen (secondary N) is 2. The van der Waals surface area contributed by atoms with Gasteiger partial charge in [-0.1, -0.05) is 11.8 Å². The summed E-state index contributed by atoms with van der Waals surface area (Å²) in [4.78, 5) is 12.3. The van der Waals surface area contributed by atoms with Crippen LogP contribution in [0.15, 0.2) is 29.2 Å². The van der Waals surface area contributed by atoms with Crippen LogP contribution in [0.4, 0.5) is 8.78 Å². The summed E-state index contributed by atoms with van der Waals surface area (Å²) in [7, 11) is 0. The Kier molecular flexibility index (Phi) is 8.00. The standard InChI is InChI=1S/C14H18F2N2OS.ClH/c15-14(16)20-12-3-1-11(2-4-12)13(19)18-8-6-10-5-7-17-9-10;/h1-4,10,14,17H,5-9H2,(H,18,19);1H. The topological polar surface area (TPSA) is 41.1 Å². The van der Waals surface area contributed by atoms with Gasteiger partial charge in [0, 0.05) is 17.0 Å². The molecule has 0 bridgehead atoms. The van der Waals surface area contributed by atoms with Crippen molar-refractivity contribution in [3.63, 3.8) is 0 Å². The van der Waals surface area contributed by atoms with Gasteiger partial charge < -0.3 is 10.6 Å². The minimum Gasteiger partial charge on any atom is -0.352 e. The number of hydrogen-bond acceptors (Lipinski definition) is 3. The molecule has 1 unspecified atom stereocenters. The zero-order valence-electron chi connectivity index (χ0n) is 11.5. The molecule has 1 aromatic rings. The maximum atomic E-state index is 12.2. The van der Waals surface area contributed by atoms with Crippen LogP contribution in [0.5, 0.6) is 0 Å². The summed E-state index contributed by atoms with van der Waals surface area (Å²) in [6, 6.07) is 6.26. The van der Waals surface area contributed by atoms with E-state index in [1.165, 1.54) is 0 Å². The van der Waals surface area contributed by atoms with Crippen LogP contribution >= 0.6 is 24.2 Å². The fourth-order valence-corrected chi connectivity index (χ4v) is 2.74. The summed E-state index contributed by atoms with van der Waals surface area (Å²) >= 11 is 0.482. The lowest BCUT2D eigenvalue weighted by atomic mass is 10.1. The number of alkyl halides is 2. The van der Waals surface area contributed by atoms with Gasteiger partial charge in [-0.05, 0) is 56.1 Å². The first-order valence-electron chi connectivity index (χ1n) is 6.69. The lowest BCUT2D eigenvalue weighted by molar-refractivity contribution is 0.0951. The smallest absolute Gasteiger partial charge is 0.288 e. The molecule has 7 heteroatoms. The molecule has 2 N–H and O–H groups in total. The van der Waals surface area contributed by atoms with E-state index in [0.29, 0.717) is 34.7 Å². The van der Waals surface area contributed by atoms with Crippen molar-refractivity contribution in [1.82, 2.24) is 10.6 Å². The summed E-state index contributed by atoms with van der Waals surface area (Å²) in [6.07, 6.45) is 2.13. The average molecular weight is 337 g/mol. The number of thioether (sulfide) groups is 1. The first-order chi connectivity index (χ1) is 9.65. The third kappa shape index (κ3) is 6.20. The highest BCUT2D eigenvalue weighted by atomic mass is 35.5. The Morgan fingerprint density at radius 1 is 1.38 bits per heavy atom. The predicted octanol–water partition coefficient (Wildman–Crippen LogP) is 3.15. The molecule has 1 atom stereocenters. The van der Waals surface area contributed by atoms with E-state index < -0.39 is 5.76 Å². The molecule has 1 amide bonds. The summed E-state index contributed by atoms with van der Waals surface area (Å²) in [5, 5.41) is 6.15. The third-order valence-corrected chi connectivity index (χ3v) is 4.06. The van der Waals surface area contributed by atoms with Gasteiger partial charge in [0.15, 0.2) is 0 Å². The second-order valence-corrected chi connectivity index (χ2v) is 5.87. The molecule has 1 aromatic carbocycles. The molecule has 1 saturated heterocycles. The van der Waals surface area contributed by atoms with Gasteiger partial charge in [0.05, 0.1) is 0 Å². The number of carbonyl (C=O) groups excluding carboxylic acids is 1. The zero-order valence-corrected chi connectivity index (χ0v) is 13.1. The highest BCUT2D eigenvalue weighted by Crippen LogP contribution is 2.25. The highest BCUT2D eigenvalue weighted by Gasteiger charge is 2.14. The van der Waals surface area contributed by atoms with E-state index in [2.05, 4.69) is 10.6 Å². The van der Waals surface area contributed by atoms with Crippen molar-refractivity contribution in [3.8, 4) is 0 Å². The number of benzene rings is 1. The van der Waals surface area contributed by atoms with Crippen LogP contribution in [0.2, 0.25) is 0 Å². The quantitative estimate of drug-likeness (QED) is 0.784. The molecule has 0 aromatic heterocycles. The molecular formula is C14H19ClF2N2OS. The normalized spacial score (nSPS) is 17.6. The van der Waals surface area contributed by atoms with E-state index in [1.54, 1.807) is 24.3 Å². The Morgan fingerprint density at radius 2 is 2.10 bits per heavy atom. The lowest BCUT2D eigenvalue weighted by Crippen LogP contribution is -2.26. The fourth-order valence-electron chi connectivity index (χ4n) is 2.24. The predicted molar refractivity (Wildman–Crippen MR) is 83.5 cm³/mol. The zero-order chi connectivity index (χ0) is 14.4. The Balaban J connectivity index is 0.00000220. The van der Waals surface area contributed by atoms with Gasteiger partial charge in [0.1, 0.15) is 0 Å². The molecule has 2 rings (SSSR count). The van der Waals surface area contributed by atoms with Crippen LogP contribution in [-0.2, 0) is 0 Å². The molecular weight excluding hydrogens is 318 g/mol. The monoisotopic (exact) mass is 336 g/mol. The van der Waals surface area contributed by atoms with Crippen molar-refractivity contribution in [2.24, 2.45) is 5.92 Å². The van der Waals surface area contributed by atoms with E-state index in [4.69, 9.17) is 0 Å². The van der Waals surface area contributed by atoms with Gasteiger partial charge in [-0.15, -0.1) is 12.4 Å². The van der Waals surface area contributed by atoms with Crippen LogP contribution in [0, 0.1) is 5.92 Å². The molecule has 1 aliphatic rings. The average Bonchev–Trinajstić information content (AvgIpc) is 2.92. The first-order valence-corrected chi connectivity index (χ1v) is 7.57. The summed E-state index contributed by atoms with van der Waals surface area (Å²) in [5.41, 5.74) is 0.508. The fraction of sp³-hybridized carbons (Fsp3) is 0.500. The van der Waals surface area contributed by atoms with E-state index >= 15 is 0 Å². The van der Waals surface area contributed by atoms with Crippen molar-refractivity contribution < 1.29 is 13.6 Å². The molecule has 0 aliphatic carbocycles. The van der Waals surface area contributed by atoms with Crippen LogP contribution in [0.3, 0.4) is 0 Å². The maximum absolute atomic E-state index is 12.2. The van der Waals surface area contributed by atoms with E-state index in [1.807, 2.05) is 0 Å². The van der Waals surface area contributed by atoms with E-state index in [9.17, 15) is 13.6 Å². The van der Waals surface area contributed by atoms with Crippen molar-refractivity contribution >= 4 is 30.1 Å². The Morgan fingerprint density at radius 3 is 2.67 bits per heavy atom. The van der Waals surface area contributed by atoms with E-state index in [-0.39, 0.29) is 18.3 Å². The third-order valence-electron chi connectivity index (χ3n) is 3.34. The molecule has 1 aliphatic heterocycles. The van der Waals surface area contributed by atoms with Gasteiger partial charge in [-0.25, -0.2) is 0 Å². The Labute approximate surface area is 133 Å². The van der Waals surface area contributed by atoms with Gasteiger partial charge in [-0.3, -0.25) is 4.79 Å². The molecule has 0 spiro atoms. The Bertz CT molecular complexity index is 439. The van der Waals surface area contributed by atoms with Gasteiger partial charge in [0.25, 0.3) is 11.7 Å². The van der Waals surface area contributed by atoms with Crippen LogP contribution < -0.4 is 10.6 Å². The van der Waals surface area contributed by atoms with Crippen LogP contribution in [-0.4, -0.2) is 31.3 Å². The number of halogens is 3. The minimum absolute atomic E-state index is 0. The van der Waals surface area contributed by atoms with Crippen molar-refractivity contribution in [2.45, 2.75) is 23.5 Å². The van der Waals surface area contributed by atoms with E-state index in [0.717, 1.165) is 25.9 Å². The molecule has 21 heavy (non-hydrogen) atoms. The van der Waals surface area contributed by atoms with Gasteiger partial charge in [-0.2, -0.15) is 8.78 Å². The van der Waals surface area contributed by atoms with Crippen molar-refractivity contribution in [3.05, 3.63) is 29.8 Å². The Hall–Kier alpha value is -0.850. The SMILES string of the molecule is Cl.O=C(NCCC1CCNC1)c1ccc(SC(F)F)cc1. The molecule has 0 saturated carbocycles. The molecule has 3 nitrogen and oxygen atoms in total.